The van der Waals surface area contributed by atoms with Crippen molar-refractivity contribution >= 4 is 32.6 Å². The van der Waals surface area contributed by atoms with Crippen LogP contribution in [0.2, 0.25) is 0 Å². The molecular weight excluding hydrogens is 437 g/mol. The molecule has 1 aliphatic rings. The number of carboxylic acids is 1. The third-order valence-corrected chi connectivity index (χ3v) is 6.86. The van der Waals surface area contributed by atoms with Gasteiger partial charge in [-0.15, -0.1) is 0 Å². The molecule has 0 radical (unpaired) electrons. The van der Waals surface area contributed by atoms with E-state index in [-0.39, 0.29) is 51.5 Å². The van der Waals surface area contributed by atoms with Crippen LogP contribution >= 0.6 is 0 Å². The molecule has 32 heavy (non-hydrogen) atoms. The number of benzene rings is 2. The Labute approximate surface area is 185 Å². The molecule has 1 fully saturated rings. The van der Waals surface area contributed by atoms with E-state index in [1.54, 1.807) is 13.8 Å². The van der Waals surface area contributed by atoms with E-state index in [9.17, 15) is 22.7 Å². The third kappa shape index (κ3) is 4.57. The molecule has 0 atom stereocenters. The summed E-state index contributed by atoms with van der Waals surface area (Å²) in [7, 11) is -3.63. The van der Waals surface area contributed by atoms with Gasteiger partial charge in [0.1, 0.15) is 28.5 Å². The molecule has 0 amide bonds. The zero-order valence-electron chi connectivity index (χ0n) is 17.7. The van der Waals surface area contributed by atoms with Crippen LogP contribution in [0.4, 0.5) is 10.1 Å². The Bertz CT molecular complexity index is 1260. The van der Waals surface area contributed by atoms with Gasteiger partial charge in [0.15, 0.2) is 0 Å². The minimum atomic E-state index is -3.63. The van der Waals surface area contributed by atoms with E-state index in [2.05, 4.69) is 4.72 Å². The number of furan rings is 1. The van der Waals surface area contributed by atoms with Gasteiger partial charge in [-0.3, -0.25) is 4.72 Å². The topological polar surface area (TPSA) is 106 Å². The Morgan fingerprint density at radius 2 is 1.94 bits per heavy atom. The second-order valence-electron chi connectivity index (χ2n) is 8.31. The van der Waals surface area contributed by atoms with Crippen LogP contribution in [0.1, 0.15) is 43.5 Å². The van der Waals surface area contributed by atoms with Gasteiger partial charge in [0.05, 0.1) is 17.5 Å². The van der Waals surface area contributed by atoms with E-state index in [0.29, 0.717) is 5.56 Å². The predicted octanol–water partition coefficient (Wildman–Crippen LogP) is 5.27. The molecule has 1 aromatic heterocycles. The lowest BCUT2D eigenvalue weighted by Gasteiger charge is -2.25. The number of anilines is 1. The first kappa shape index (κ1) is 22.1. The second-order valence-corrected chi connectivity index (χ2v) is 10.1. The lowest BCUT2D eigenvalue weighted by molar-refractivity contribution is 0.0699. The Kier molecular flexibility index (Phi) is 5.85. The summed E-state index contributed by atoms with van der Waals surface area (Å²) in [6.45, 7) is 3.57. The maximum atomic E-state index is 13.3. The molecule has 9 heteroatoms. The molecule has 4 rings (SSSR count). The summed E-state index contributed by atoms with van der Waals surface area (Å²) in [6, 6.07) is 8.17. The highest BCUT2D eigenvalue weighted by Gasteiger charge is 2.27. The van der Waals surface area contributed by atoms with E-state index in [4.69, 9.17) is 9.15 Å². The lowest BCUT2D eigenvalue weighted by atomic mass is 9.87. The fraction of sp³-hybridized carbons (Fsp3) is 0.348. The minimum Gasteiger partial charge on any atom is -0.489 e. The number of halogens is 1. The summed E-state index contributed by atoms with van der Waals surface area (Å²) in [5, 5.41) is 10.1. The van der Waals surface area contributed by atoms with Crippen molar-refractivity contribution in [1.82, 2.24) is 0 Å². The van der Waals surface area contributed by atoms with Crippen LogP contribution in [-0.4, -0.2) is 31.4 Å². The largest absolute Gasteiger partial charge is 0.489 e. The van der Waals surface area contributed by atoms with Gasteiger partial charge >= 0.3 is 5.97 Å². The van der Waals surface area contributed by atoms with Gasteiger partial charge in [0.2, 0.25) is 10.0 Å². The normalized spacial score (nSPS) is 14.5. The highest BCUT2D eigenvalue weighted by atomic mass is 32.2. The van der Waals surface area contributed by atoms with Gasteiger partial charge < -0.3 is 14.3 Å². The van der Waals surface area contributed by atoms with Gasteiger partial charge in [-0.05, 0) is 62.9 Å². The first-order valence-corrected chi connectivity index (χ1v) is 12.0. The number of sulfonamides is 1. The molecule has 3 aromatic rings. The van der Waals surface area contributed by atoms with E-state index in [1.807, 2.05) is 0 Å². The Morgan fingerprint density at radius 3 is 2.50 bits per heavy atom. The maximum Gasteiger partial charge on any atom is 0.340 e. The summed E-state index contributed by atoms with van der Waals surface area (Å²) in [4.78, 5) is 12.1. The average Bonchev–Trinajstić information content (AvgIpc) is 3.03. The number of hydrogen-bond donors (Lipinski definition) is 2. The highest BCUT2D eigenvalue weighted by Crippen LogP contribution is 2.40. The minimum absolute atomic E-state index is 0.0194. The van der Waals surface area contributed by atoms with Crippen LogP contribution in [-0.2, 0) is 10.0 Å². The van der Waals surface area contributed by atoms with Gasteiger partial charge in [0, 0.05) is 17.0 Å². The Morgan fingerprint density at radius 1 is 1.25 bits per heavy atom. The molecule has 2 N–H and O–H groups in total. The fourth-order valence-corrected chi connectivity index (χ4v) is 5.28. The standard InChI is InChI=1S/C23H24FNO6S/c1-13(2)30-20-10-17-19(11-18(20)25-32(28,29)12-14-4-3-5-14)31-22(21(17)23(26)27)15-6-8-16(24)9-7-15/h6-11,13-14,25H,3-5,12H2,1-2H3,(H,26,27). The van der Waals surface area contributed by atoms with Crippen molar-refractivity contribution in [2.24, 2.45) is 5.92 Å². The zero-order chi connectivity index (χ0) is 23.0. The summed E-state index contributed by atoms with van der Waals surface area (Å²) in [5.74, 6) is -1.27. The molecule has 7 nitrogen and oxygen atoms in total. The summed E-state index contributed by atoms with van der Waals surface area (Å²) < 4.78 is 52.9. The molecule has 1 heterocycles. The van der Waals surface area contributed by atoms with Crippen molar-refractivity contribution in [3.8, 4) is 17.1 Å². The first-order valence-electron chi connectivity index (χ1n) is 10.4. The van der Waals surface area contributed by atoms with Crippen molar-refractivity contribution < 1.29 is 31.9 Å². The summed E-state index contributed by atoms with van der Waals surface area (Å²) in [6.07, 6.45) is 2.52. The SMILES string of the molecule is CC(C)Oc1cc2c(C(=O)O)c(-c3ccc(F)cc3)oc2cc1NS(=O)(=O)CC1CCC1. The van der Waals surface area contributed by atoms with E-state index >= 15 is 0 Å². The predicted molar refractivity (Wildman–Crippen MR) is 119 cm³/mol. The number of fused-ring (bicyclic) bond motifs is 1. The van der Waals surface area contributed by atoms with E-state index < -0.39 is 21.8 Å². The van der Waals surface area contributed by atoms with Crippen LogP contribution in [0.3, 0.4) is 0 Å². The number of ether oxygens (including phenoxy) is 1. The van der Waals surface area contributed by atoms with Gasteiger partial charge in [0.25, 0.3) is 0 Å². The van der Waals surface area contributed by atoms with Crippen molar-refractivity contribution in [2.75, 3.05) is 10.5 Å². The van der Waals surface area contributed by atoms with Crippen molar-refractivity contribution in [2.45, 2.75) is 39.2 Å². The molecule has 0 spiro atoms. The van der Waals surface area contributed by atoms with Crippen molar-refractivity contribution in [3.63, 3.8) is 0 Å². The first-order chi connectivity index (χ1) is 15.1. The molecule has 0 bridgehead atoms. The van der Waals surface area contributed by atoms with Crippen LogP contribution in [0.5, 0.6) is 5.75 Å². The van der Waals surface area contributed by atoms with Crippen LogP contribution in [0.25, 0.3) is 22.3 Å². The molecule has 0 unspecified atom stereocenters. The lowest BCUT2D eigenvalue weighted by Crippen LogP contribution is -2.27. The molecular formula is C23H24FNO6S. The van der Waals surface area contributed by atoms with Gasteiger partial charge in [-0.2, -0.15) is 0 Å². The van der Waals surface area contributed by atoms with Crippen LogP contribution in [0.15, 0.2) is 40.8 Å². The monoisotopic (exact) mass is 461 g/mol. The quantitative estimate of drug-likeness (QED) is 0.474. The number of carbonyl (C=O) groups is 1. The molecule has 0 aliphatic heterocycles. The van der Waals surface area contributed by atoms with Crippen LogP contribution in [0, 0.1) is 11.7 Å². The van der Waals surface area contributed by atoms with Crippen molar-refractivity contribution in [3.05, 3.63) is 47.8 Å². The maximum absolute atomic E-state index is 13.3. The van der Waals surface area contributed by atoms with E-state index in [1.165, 1.54) is 36.4 Å². The highest BCUT2D eigenvalue weighted by molar-refractivity contribution is 7.92. The summed E-state index contributed by atoms with van der Waals surface area (Å²) >= 11 is 0. The number of nitrogens with one attached hydrogen (secondary N) is 1. The van der Waals surface area contributed by atoms with Crippen LogP contribution < -0.4 is 9.46 Å². The number of rotatable bonds is 8. The molecule has 1 saturated carbocycles. The number of carboxylic acid groups (broad SMARTS) is 1. The molecule has 2 aromatic carbocycles. The Balaban J connectivity index is 1.83. The van der Waals surface area contributed by atoms with Crippen molar-refractivity contribution in [1.29, 1.82) is 0 Å². The molecule has 0 saturated heterocycles. The average molecular weight is 462 g/mol. The van der Waals surface area contributed by atoms with E-state index in [0.717, 1.165) is 19.3 Å². The third-order valence-electron chi connectivity index (χ3n) is 5.42. The molecule has 170 valence electrons. The summed E-state index contributed by atoms with van der Waals surface area (Å²) in [5.41, 5.74) is 0.642. The zero-order valence-corrected chi connectivity index (χ0v) is 18.5. The fourth-order valence-electron chi connectivity index (χ4n) is 3.75. The second kappa shape index (κ2) is 8.46. The Hall–Kier alpha value is -3.07. The number of hydrogen-bond acceptors (Lipinski definition) is 5. The number of aromatic carboxylic acids is 1. The van der Waals surface area contributed by atoms with Gasteiger partial charge in [-0.25, -0.2) is 17.6 Å². The van der Waals surface area contributed by atoms with Gasteiger partial charge in [-0.1, -0.05) is 6.42 Å². The smallest absolute Gasteiger partial charge is 0.340 e. The molecule has 1 aliphatic carbocycles.